The molecule has 0 fully saturated rings. The van der Waals surface area contributed by atoms with Crippen molar-refractivity contribution >= 4 is 17.9 Å². The summed E-state index contributed by atoms with van der Waals surface area (Å²) in [5.74, 6) is -4.46. The fraction of sp³-hybridized carbons (Fsp3) is 0.714. The van der Waals surface area contributed by atoms with Crippen LogP contribution in [0.4, 0.5) is 0 Å². The lowest BCUT2D eigenvalue weighted by Gasteiger charge is -2.34. The van der Waals surface area contributed by atoms with Gasteiger partial charge in [-0.05, 0) is 27.7 Å². The number of nitriles is 1. The Balaban J connectivity index is 5.81. The Morgan fingerprint density at radius 2 is 1.55 bits per heavy atom. The summed E-state index contributed by atoms with van der Waals surface area (Å²) >= 11 is 0. The van der Waals surface area contributed by atoms with Crippen molar-refractivity contribution < 1.29 is 28.6 Å². The van der Waals surface area contributed by atoms with Crippen LogP contribution >= 0.6 is 0 Å². The number of ether oxygens (including phenoxy) is 3. The van der Waals surface area contributed by atoms with Crippen LogP contribution < -0.4 is 5.73 Å². The van der Waals surface area contributed by atoms with Crippen LogP contribution in [0, 0.1) is 22.7 Å². The lowest BCUT2D eigenvalue weighted by atomic mass is 9.76. The van der Waals surface area contributed by atoms with Gasteiger partial charge in [0.2, 0.25) is 0 Å². The van der Waals surface area contributed by atoms with E-state index in [1.54, 1.807) is 26.8 Å². The second kappa shape index (κ2) is 7.22. The monoisotopic (exact) mass is 314 g/mol. The molecular weight excluding hydrogens is 292 g/mol. The van der Waals surface area contributed by atoms with Gasteiger partial charge in [-0.1, -0.05) is 0 Å². The number of carbonyl (C=O) groups excluding carboxylic acids is 3. The fourth-order valence-corrected chi connectivity index (χ4v) is 1.69. The highest BCUT2D eigenvalue weighted by molar-refractivity contribution is 6.01. The third-order valence-corrected chi connectivity index (χ3v) is 3.05. The molecule has 0 spiro atoms. The highest BCUT2D eigenvalue weighted by Crippen LogP contribution is 2.31. The van der Waals surface area contributed by atoms with Crippen LogP contribution in [-0.4, -0.2) is 43.8 Å². The van der Waals surface area contributed by atoms with Gasteiger partial charge in [0.15, 0.2) is 11.3 Å². The van der Waals surface area contributed by atoms with E-state index in [2.05, 4.69) is 9.47 Å². The van der Waals surface area contributed by atoms with E-state index in [-0.39, 0.29) is 0 Å². The topological polar surface area (TPSA) is 129 Å². The van der Waals surface area contributed by atoms with Gasteiger partial charge in [-0.3, -0.25) is 14.4 Å². The van der Waals surface area contributed by atoms with Gasteiger partial charge in [0.1, 0.15) is 5.60 Å². The quantitative estimate of drug-likeness (QED) is 0.431. The lowest BCUT2D eigenvalue weighted by Crippen LogP contribution is -2.57. The van der Waals surface area contributed by atoms with Gasteiger partial charge >= 0.3 is 17.9 Å². The number of hydrogen-bond acceptors (Lipinski definition) is 8. The molecule has 2 N–H and O–H groups in total. The predicted molar refractivity (Wildman–Crippen MR) is 75.1 cm³/mol. The smallest absolute Gasteiger partial charge is 0.325 e. The molecule has 124 valence electrons. The molecule has 0 aliphatic heterocycles. The number of esters is 3. The van der Waals surface area contributed by atoms with E-state index in [0.717, 1.165) is 14.2 Å². The molecule has 0 aromatic rings. The Morgan fingerprint density at radius 1 is 1.05 bits per heavy atom. The molecule has 3 atom stereocenters. The van der Waals surface area contributed by atoms with Crippen LogP contribution in [0.3, 0.4) is 0 Å². The zero-order chi connectivity index (χ0) is 17.7. The summed E-state index contributed by atoms with van der Waals surface area (Å²) in [6.45, 7) is 5.99. The van der Waals surface area contributed by atoms with Crippen molar-refractivity contribution in [1.29, 1.82) is 5.26 Å². The highest BCUT2D eigenvalue weighted by Gasteiger charge is 2.54. The molecule has 0 radical (unpaired) electrons. The Kier molecular flexibility index (Phi) is 6.52. The summed E-state index contributed by atoms with van der Waals surface area (Å²) in [6, 6.07) is 0.146. The largest absolute Gasteiger partial charge is 0.468 e. The van der Waals surface area contributed by atoms with Gasteiger partial charge in [0, 0.05) is 0 Å². The Hall–Kier alpha value is -2.14. The van der Waals surface area contributed by atoms with E-state index < -0.39 is 40.9 Å². The molecule has 0 heterocycles. The second-order valence-corrected chi connectivity index (χ2v) is 5.85. The predicted octanol–water partition coefficient (Wildman–Crippen LogP) is 0.147. The Morgan fingerprint density at radius 3 is 1.86 bits per heavy atom. The SMILES string of the molecule is COC(=O)C(C#N)C(N)C(C)(C(=O)OC)C(=O)OC(C)(C)C. The third-order valence-electron chi connectivity index (χ3n) is 3.05. The van der Waals surface area contributed by atoms with Crippen LogP contribution in [0.15, 0.2) is 0 Å². The molecule has 0 rings (SSSR count). The maximum Gasteiger partial charge on any atom is 0.325 e. The number of nitrogens with zero attached hydrogens (tertiary/aromatic N) is 1. The molecule has 0 aliphatic rings. The first-order valence-electron chi connectivity index (χ1n) is 6.50. The minimum atomic E-state index is -2.03. The minimum Gasteiger partial charge on any atom is -0.468 e. The summed E-state index contributed by atoms with van der Waals surface area (Å²) in [6.07, 6.45) is 0. The molecule has 0 aromatic carbocycles. The van der Waals surface area contributed by atoms with Gasteiger partial charge in [-0.15, -0.1) is 0 Å². The molecule has 0 aliphatic carbocycles. The molecule has 0 amide bonds. The van der Waals surface area contributed by atoms with Crippen molar-refractivity contribution in [3.8, 4) is 6.07 Å². The molecule has 3 unspecified atom stereocenters. The average molecular weight is 314 g/mol. The molecule has 22 heavy (non-hydrogen) atoms. The zero-order valence-electron chi connectivity index (χ0n) is 13.6. The van der Waals surface area contributed by atoms with Crippen LogP contribution in [-0.2, 0) is 28.6 Å². The van der Waals surface area contributed by atoms with E-state index in [9.17, 15) is 14.4 Å². The van der Waals surface area contributed by atoms with Crippen LogP contribution in [0.1, 0.15) is 27.7 Å². The van der Waals surface area contributed by atoms with Crippen LogP contribution in [0.25, 0.3) is 0 Å². The molecular formula is C14H22N2O6. The number of methoxy groups -OCH3 is 2. The maximum atomic E-state index is 12.4. The van der Waals surface area contributed by atoms with Gasteiger partial charge in [0.05, 0.1) is 26.3 Å². The zero-order valence-corrected chi connectivity index (χ0v) is 13.6. The van der Waals surface area contributed by atoms with Gasteiger partial charge < -0.3 is 19.9 Å². The van der Waals surface area contributed by atoms with Crippen molar-refractivity contribution in [3.63, 3.8) is 0 Å². The molecule has 8 heteroatoms. The van der Waals surface area contributed by atoms with E-state index in [0.29, 0.717) is 0 Å². The van der Waals surface area contributed by atoms with E-state index >= 15 is 0 Å². The molecule has 0 saturated carbocycles. The molecule has 0 bridgehead atoms. The summed E-state index contributed by atoms with van der Waals surface area (Å²) < 4.78 is 14.2. The minimum absolute atomic E-state index is 0.889. The van der Waals surface area contributed by atoms with Gasteiger partial charge in [-0.2, -0.15) is 5.26 Å². The Labute approximate surface area is 129 Å². The number of nitrogens with two attached hydrogens (primary N) is 1. The van der Waals surface area contributed by atoms with Crippen molar-refractivity contribution in [1.82, 2.24) is 0 Å². The van der Waals surface area contributed by atoms with Crippen LogP contribution in [0.2, 0.25) is 0 Å². The summed E-state index contributed by atoms with van der Waals surface area (Å²) in [5.41, 5.74) is 2.93. The van der Waals surface area contributed by atoms with E-state index in [1.165, 1.54) is 6.92 Å². The van der Waals surface area contributed by atoms with Crippen molar-refractivity contribution in [2.75, 3.05) is 14.2 Å². The lowest BCUT2D eigenvalue weighted by molar-refractivity contribution is -0.179. The molecule has 0 aromatic heterocycles. The fourth-order valence-electron chi connectivity index (χ4n) is 1.69. The van der Waals surface area contributed by atoms with Crippen molar-refractivity contribution in [2.45, 2.75) is 39.3 Å². The van der Waals surface area contributed by atoms with Crippen LogP contribution in [0.5, 0.6) is 0 Å². The standard InChI is InChI=1S/C14H22N2O6/c1-13(2,3)22-12(19)14(4,11(18)21-6)9(16)8(7-15)10(17)20-5/h8-9H,16H2,1-6H3. The maximum absolute atomic E-state index is 12.4. The summed E-state index contributed by atoms with van der Waals surface area (Å²) in [5, 5.41) is 9.10. The number of carbonyl (C=O) groups is 3. The highest BCUT2D eigenvalue weighted by atomic mass is 16.6. The normalized spacial score (nSPS) is 16.5. The van der Waals surface area contributed by atoms with Gasteiger partial charge in [0.25, 0.3) is 0 Å². The first kappa shape index (κ1) is 19.9. The molecule has 0 saturated heterocycles. The number of rotatable bonds is 5. The third kappa shape index (κ3) is 4.18. The summed E-state index contributed by atoms with van der Waals surface area (Å²) in [7, 11) is 2.14. The first-order chi connectivity index (χ1) is 9.95. The summed E-state index contributed by atoms with van der Waals surface area (Å²) in [4.78, 5) is 36.1. The first-order valence-corrected chi connectivity index (χ1v) is 6.50. The average Bonchev–Trinajstić information content (AvgIpc) is 2.43. The van der Waals surface area contributed by atoms with E-state index in [4.69, 9.17) is 15.7 Å². The van der Waals surface area contributed by atoms with E-state index in [1.807, 2.05) is 0 Å². The Bertz CT molecular complexity index is 491. The number of hydrogen-bond donors (Lipinski definition) is 1. The van der Waals surface area contributed by atoms with Crippen molar-refractivity contribution in [3.05, 3.63) is 0 Å². The molecule has 8 nitrogen and oxygen atoms in total. The van der Waals surface area contributed by atoms with Gasteiger partial charge in [-0.25, -0.2) is 0 Å². The second-order valence-electron chi connectivity index (χ2n) is 5.85. The van der Waals surface area contributed by atoms with Crippen molar-refractivity contribution in [2.24, 2.45) is 17.1 Å².